The molecule has 1 atom stereocenters. The van der Waals surface area contributed by atoms with Gasteiger partial charge in [0.15, 0.2) is 5.89 Å². The lowest BCUT2D eigenvalue weighted by Gasteiger charge is -2.03. The van der Waals surface area contributed by atoms with Crippen molar-refractivity contribution in [2.45, 2.75) is 33.1 Å². The molecule has 3 heteroatoms. The van der Waals surface area contributed by atoms with Gasteiger partial charge in [-0.3, -0.25) is 0 Å². The van der Waals surface area contributed by atoms with Gasteiger partial charge in [0.05, 0.1) is 6.20 Å². The lowest BCUT2D eigenvalue weighted by molar-refractivity contribution is 0.404. The van der Waals surface area contributed by atoms with Crippen molar-refractivity contribution >= 4 is 0 Å². The minimum Gasteiger partial charge on any atom is -0.446 e. The molecule has 0 amide bonds. The van der Waals surface area contributed by atoms with Crippen LogP contribution in [0.25, 0.3) is 0 Å². The van der Waals surface area contributed by atoms with Gasteiger partial charge < -0.3 is 9.73 Å². The van der Waals surface area contributed by atoms with Crippen LogP contribution in [0.15, 0.2) is 10.6 Å². The Morgan fingerprint density at radius 1 is 1.60 bits per heavy atom. The zero-order chi connectivity index (χ0) is 10.7. The number of hydrogen-bond donors (Lipinski definition) is 1. The fraction of sp³-hybridized carbons (Fsp3) is 0.750. The smallest absolute Gasteiger partial charge is 0.194 e. The molecule has 2 heterocycles. The Bertz CT molecular complexity index is 300. The lowest BCUT2D eigenvalue weighted by Crippen LogP contribution is -2.10. The number of nitrogens with zero attached hydrogens (tertiary/aromatic N) is 1. The van der Waals surface area contributed by atoms with E-state index in [9.17, 15) is 0 Å². The van der Waals surface area contributed by atoms with Gasteiger partial charge in [-0.25, -0.2) is 4.98 Å². The van der Waals surface area contributed by atoms with Crippen molar-refractivity contribution in [3.63, 3.8) is 0 Å². The second-order valence-corrected chi connectivity index (χ2v) is 4.88. The SMILES string of the molecule is CC(C)Cc1cnc(CC2CCNC2)o1. The molecule has 1 aliphatic heterocycles. The highest BCUT2D eigenvalue weighted by atomic mass is 16.4. The normalized spacial score (nSPS) is 21.4. The molecule has 1 fully saturated rings. The van der Waals surface area contributed by atoms with Crippen molar-refractivity contribution in [2.24, 2.45) is 11.8 Å². The molecule has 3 nitrogen and oxygen atoms in total. The van der Waals surface area contributed by atoms with Gasteiger partial charge in [-0.2, -0.15) is 0 Å². The third-order valence-electron chi connectivity index (χ3n) is 2.84. The molecule has 2 rings (SSSR count). The number of nitrogens with one attached hydrogen (secondary N) is 1. The summed E-state index contributed by atoms with van der Waals surface area (Å²) in [4.78, 5) is 4.34. The van der Waals surface area contributed by atoms with Crippen molar-refractivity contribution in [3.05, 3.63) is 17.8 Å². The molecule has 1 N–H and O–H groups in total. The van der Waals surface area contributed by atoms with Crippen molar-refractivity contribution < 1.29 is 4.42 Å². The number of hydrogen-bond acceptors (Lipinski definition) is 3. The molecule has 84 valence electrons. The van der Waals surface area contributed by atoms with Crippen LogP contribution < -0.4 is 5.32 Å². The molecular weight excluding hydrogens is 188 g/mol. The van der Waals surface area contributed by atoms with E-state index >= 15 is 0 Å². The molecule has 0 bridgehead atoms. The summed E-state index contributed by atoms with van der Waals surface area (Å²) < 4.78 is 5.72. The third-order valence-corrected chi connectivity index (χ3v) is 2.84. The monoisotopic (exact) mass is 208 g/mol. The van der Waals surface area contributed by atoms with Gasteiger partial charge >= 0.3 is 0 Å². The van der Waals surface area contributed by atoms with E-state index in [4.69, 9.17) is 4.42 Å². The first-order valence-corrected chi connectivity index (χ1v) is 5.88. The second kappa shape index (κ2) is 4.79. The molecule has 1 aromatic heterocycles. The summed E-state index contributed by atoms with van der Waals surface area (Å²) in [5.74, 6) is 3.31. The predicted molar refractivity (Wildman–Crippen MR) is 59.7 cm³/mol. The van der Waals surface area contributed by atoms with E-state index in [0.717, 1.165) is 43.5 Å². The largest absolute Gasteiger partial charge is 0.446 e. The summed E-state index contributed by atoms with van der Waals surface area (Å²) in [5, 5.41) is 3.36. The topological polar surface area (TPSA) is 38.1 Å². The van der Waals surface area contributed by atoms with Gasteiger partial charge in [0, 0.05) is 12.8 Å². The van der Waals surface area contributed by atoms with E-state index in [1.54, 1.807) is 0 Å². The van der Waals surface area contributed by atoms with E-state index in [2.05, 4.69) is 24.1 Å². The Hall–Kier alpha value is -0.830. The van der Waals surface area contributed by atoms with Gasteiger partial charge in [-0.15, -0.1) is 0 Å². The molecule has 15 heavy (non-hydrogen) atoms. The molecule has 0 radical (unpaired) electrons. The minimum atomic E-state index is 0.638. The van der Waals surface area contributed by atoms with Gasteiger partial charge in [0.25, 0.3) is 0 Å². The molecule has 1 aliphatic rings. The van der Waals surface area contributed by atoms with E-state index in [1.807, 2.05) is 6.20 Å². The number of oxazole rings is 1. The standard InChI is InChI=1S/C12H20N2O/c1-9(2)5-11-8-14-12(15-11)6-10-3-4-13-7-10/h8-10,13H,3-7H2,1-2H3. The number of rotatable bonds is 4. The van der Waals surface area contributed by atoms with E-state index in [1.165, 1.54) is 6.42 Å². The van der Waals surface area contributed by atoms with E-state index in [0.29, 0.717) is 5.92 Å². The molecule has 0 aromatic carbocycles. The van der Waals surface area contributed by atoms with E-state index in [-0.39, 0.29) is 0 Å². The zero-order valence-corrected chi connectivity index (χ0v) is 9.62. The Morgan fingerprint density at radius 2 is 2.47 bits per heavy atom. The molecule has 0 saturated carbocycles. The Morgan fingerprint density at radius 3 is 3.13 bits per heavy atom. The van der Waals surface area contributed by atoms with Gasteiger partial charge in [0.1, 0.15) is 5.76 Å². The highest BCUT2D eigenvalue weighted by Gasteiger charge is 2.17. The van der Waals surface area contributed by atoms with Crippen LogP contribution in [0, 0.1) is 11.8 Å². The molecular formula is C12H20N2O. The summed E-state index contributed by atoms with van der Waals surface area (Å²) >= 11 is 0. The van der Waals surface area contributed by atoms with E-state index < -0.39 is 0 Å². The van der Waals surface area contributed by atoms with Crippen molar-refractivity contribution in [3.8, 4) is 0 Å². The van der Waals surface area contributed by atoms with Crippen molar-refractivity contribution in [1.29, 1.82) is 0 Å². The average Bonchev–Trinajstić information content (AvgIpc) is 2.77. The minimum absolute atomic E-state index is 0.638. The first kappa shape index (κ1) is 10.7. The first-order valence-electron chi connectivity index (χ1n) is 5.88. The summed E-state index contributed by atoms with van der Waals surface area (Å²) in [6.07, 6.45) is 5.13. The lowest BCUT2D eigenvalue weighted by atomic mass is 10.1. The highest BCUT2D eigenvalue weighted by Crippen LogP contribution is 2.16. The predicted octanol–water partition coefficient (Wildman–Crippen LogP) is 2.03. The van der Waals surface area contributed by atoms with Crippen LogP contribution in [0.4, 0.5) is 0 Å². The van der Waals surface area contributed by atoms with Crippen LogP contribution in [0.3, 0.4) is 0 Å². The molecule has 1 saturated heterocycles. The molecule has 0 aliphatic carbocycles. The summed E-state index contributed by atoms with van der Waals surface area (Å²) in [6.45, 7) is 6.65. The summed E-state index contributed by atoms with van der Waals surface area (Å²) in [6, 6.07) is 0. The maximum absolute atomic E-state index is 5.72. The first-order chi connectivity index (χ1) is 7.24. The Kier molecular flexibility index (Phi) is 3.41. The quantitative estimate of drug-likeness (QED) is 0.822. The van der Waals surface area contributed by atoms with Crippen LogP contribution in [0.2, 0.25) is 0 Å². The van der Waals surface area contributed by atoms with Gasteiger partial charge in [-0.1, -0.05) is 13.8 Å². The summed E-state index contributed by atoms with van der Waals surface area (Å²) in [5.41, 5.74) is 0. The summed E-state index contributed by atoms with van der Waals surface area (Å²) in [7, 11) is 0. The van der Waals surface area contributed by atoms with Crippen LogP contribution in [-0.4, -0.2) is 18.1 Å². The third kappa shape index (κ3) is 3.06. The molecule has 0 spiro atoms. The van der Waals surface area contributed by atoms with Crippen LogP contribution >= 0.6 is 0 Å². The second-order valence-electron chi connectivity index (χ2n) is 4.88. The van der Waals surface area contributed by atoms with Crippen LogP contribution in [-0.2, 0) is 12.8 Å². The maximum Gasteiger partial charge on any atom is 0.194 e. The zero-order valence-electron chi connectivity index (χ0n) is 9.62. The van der Waals surface area contributed by atoms with Crippen LogP contribution in [0.5, 0.6) is 0 Å². The molecule has 1 unspecified atom stereocenters. The van der Waals surface area contributed by atoms with Gasteiger partial charge in [-0.05, 0) is 31.3 Å². The maximum atomic E-state index is 5.72. The van der Waals surface area contributed by atoms with Gasteiger partial charge in [0.2, 0.25) is 0 Å². The Balaban J connectivity index is 1.88. The fourth-order valence-electron chi connectivity index (χ4n) is 2.07. The average molecular weight is 208 g/mol. The highest BCUT2D eigenvalue weighted by molar-refractivity contribution is 4.96. The fourth-order valence-corrected chi connectivity index (χ4v) is 2.07. The van der Waals surface area contributed by atoms with Crippen molar-refractivity contribution in [2.75, 3.05) is 13.1 Å². The van der Waals surface area contributed by atoms with Crippen LogP contribution in [0.1, 0.15) is 31.9 Å². The van der Waals surface area contributed by atoms with Crippen molar-refractivity contribution in [1.82, 2.24) is 10.3 Å². The molecule has 1 aromatic rings. The number of aromatic nitrogens is 1. The Labute approximate surface area is 91.3 Å².